The van der Waals surface area contributed by atoms with E-state index in [1.54, 1.807) is 6.07 Å². The molecule has 1 aromatic heterocycles. The number of para-hydroxylation sites is 1. The van der Waals surface area contributed by atoms with Crippen LogP contribution in [0.2, 0.25) is 0 Å². The average Bonchev–Trinajstić information content (AvgIpc) is 2.44. The first-order valence-corrected chi connectivity index (χ1v) is 4.56. The Hall–Kier alpha value is -1.05. The molecule has 4 heteroatoms. The third-order valence-electron chi connectivity index (χ3n) is 1.53. The number of nitrogens with zero attached hydrogens (tertiary/aromatic N) is 2. The van der Waals surface area contributed by atoms with Crippen LogP contribution in [0.15, 0.2) is 22.5 Å². The lowest BCUT2D eigenvalue weighted by atomic mass is 10.2. The standard InChI is InChI=1S/C8H4N2S2/c9-4-5-2-1-3-6-7(5)10-8(11)12-6/h1-3H,(H,10,11). The molecule has 12 heavy (non-hydrogen) atoms. The minimum atomic E-state index is 0.615. The number of fused-ring (bicyclic) bond motifs is 1. The lowest BCUT2D eigenvalue weighted by Gasteiger charge is -1.87. The van der Waals surface area contributed by atoms with Gasteiger partial charge in [-0.15, -0.1) is 24.0 Å². The third kappa shape index (κ3) is 1.07. The Labute approximate surface area is 78.9 Å². The van der Waals surface area contributed by atoms with Crippen LogP contribution >= 0.6 is 24.0 Å². The highest BCUT2D eigenvalue weighted by Gasteiger charge is 2.04. The summed E-state index contributed by atoms with van der Waals surface area (Å²) in [5, 5.41) is 8.73. The predicted octanol–water partition coefficient (Wildman–Crippen LogP) is 2.46. The van der Waals surface area contributed by atoms with Gasteiger partial charge in [0.05, 0.1) is 10.3 Å². The van der Waals surface area contributed by atoms with Gasteiger partial charge in [0, 0.05) is 0 Å². The molecule has 0 spiro atoms. The van der Waals surface area contributed by atoms with Gasteiger partial charge in [0.2, 0.25) is 0 Å². The van der Waals surface area contributed by atoms with Gasteiger partial charge in [-0.3, -0.25) is 0 Å². The van der Waals surface area contributed by atoms with Crippen LogP contribution in [-0.4, -0.2) is 4.98 Å². The number of hydrogen-bond donors (Lipinski definition) is 1. The van der Waals surface area contributed by atoms with Crippen LogP contribution in [0.4, 0.5) is 0 Å². The van der Waals surface area contributed by atoms with Crippen LogP contribution in [0.5, 0.6) is 0 Å². The number of aromatic nitrogens is 1. The van der Waals surface area contributed by atoms with E-state index in [2.05, 4.69) is 23.7 Å². The van der Waals surface area contributed by atoms with E-state index in [1.807, 2.05) is 12.1 Å². The Balaban J connectivity index is 2.89. The van der Waals surface area contributed by atoms with Gasteiger partial charge in [-0.05, 0) is 12.1 Å². The van der Waals surface area contributed by atoms with Crippen LogP contribution in [0.25, 0.3) is 10.2 Å². The number of nitriles is 1. The zero-order valence-electron chi connectivity index (χ0n) is 5.98. The molecular formula is C8H4N2S2. The fraction of sp³-hybridized carbons (Fsp3) is 0. The van der Waals surface area contributed by atoms with E-state index in [4.69, 9.17) is 5.26 Å². The second-order valence-corrected chi connectivity index (χ2v) is 4.02. The Morgan fingerprint density at radius 1 is 1.50 bits per heavy atom. The van der Waals surface area contributed by atoms with E-state index < -0.39 is 0 Å². The third-order valence-corrected chi connectivity index (χ3v) is 2.73. The first kappa shape index (κ1) is 7.59. The van der Waals surface area contributed by atoms with Crippen LogP contribution in [0.1, 0.15) is 5.56 Å². The average molecular weight is 192 g/mol. The molecule has 0 aliphatic heterocycles. The van der Waals surface area contributed by atoms with Crippen molar-refractivity contribution in [2.24, 2.45) is 0 Å². The Morgan fingerprint density at radius 3 is 3.08 bits per heavy atom. The zero-order chi connectivity index (χ0) is 8.55. The van der Waals surface area contributed by atoms with Crippen molar-refractivity contribution >= 4 is 34.2 Å². The molecule has 0 saturated carbocycles. The second kappa shape index (κ2) is 2.77. The van der Waals surface area contributed by atoms with Crippen LogP contribution in [-0.2, 0) is 0 Å². The summed E-state index contributed by atoms with van der Waals surface area (Å²) in [6.45, 7) is 0. The summed E-state index contributed by atoms with van der Waals surface area (Å²) in [5.41, 5.74) is 1.37. The quantitative estimate of drug-likeness (QED) is 0.651. The van der Waals surface area contributed by atoms with Crippen LogP contribution in [0, 0.1) is 11.3 Å². The van der Waals surface area contributed by atoms with E-state index in [0.29, 0.717) is 9.90 Å². The van der Waals surface area contributed by atoms with Crippen molar-refractivity contribution in [2.45, 2.75) is 4.34 Å². The molecule has 0 fully saturated rings. The van der Waals surface area contributed by atoms with Gasteiger partial charge in [-0.1, -0.05) is 6.07 Å². The molecule has 0 saturated heterocycles. The summed E-state index contributed by atoms with van der Waals surface area (Å²) < 4.78 is 1.71. The summed E-state index contributed by atoms with van der Waals surface area (Å²) in [6, 6.07) is 7.64. The van der Waals surface area contributed by atoms with E-state index in [1.165, 1.54) is 11.3 Å². The van der Waals surface area contributed by atoms with Crippen LogP contribution in [0.3, 0.4) is 0 Å². The predicted molar refractivity (Wildman–Crippen MR) is 51.6 cm³/mol. The summed E-state index contributed by atoms with van der Waals surface area (Å²) >= 11 is 5.61. The van der Waals surface area contributed by atoms with Crippen molar-refractivity contribution in [1.29, 1.82) is 5.26 Å². The lowest BCUT2D eigenvalue weighted by Crippen LogP contribution is -1.75. The molecule has 0 aliphatic rings. The van der Waals surface area contributed by atoms with Gasteiger partial charge in [-0.2, -0.15) is 5.26 Å². The maximum absolute atomic E-state index is 8.73. The summed E-state index contributed by atoms with van der Waals surface area (Å²) in [6.07, 6.45) is 0. The van der Waals surface area contributed by atoms with Gasteiger partial charge in [-0.25, -0.2) is 4.98 Å². The minimum Gasteiger partial charge on any atom is -0.229 e. The number of thiazole rings is 1. The fourth-order valence-corrected chi connectivity index (χ4v) is 2.15. The maximum Gasteiger partial charge on any atom is 0.148 e. The number of benzene rings is 1. The molecule has 1 aromatic carbocycles. The normalized spacial score (nSPS) is 10.0. The van der Waals surface area contributed by atoms with E-state index in [9.17, 15) is 0 Å². The number of thiol groups is 1. The van der Waals surface area contributed by atoms with Gasteiger partial charge in [0.1, 0.15) is 15.9 Å². The van der Waals surface area contributed by atoms with E-state index in [-0.39, 0.29) is 0 Å². The molecule has 0 bridgehead atoms. The smallest absolute Gasteiger partial charge is 0.148 e. The molecule has 58 valence electrons. The highest BCUT2D eigenvalue weighted by Crippen LogP contribution is 2.26. The molecule has 2 nitrogen and oxygen atoms in total. The van der Waals surface area contributed by atoms with Crippen molar-refractivity contribution in [3.63, 3.8) is 0 Å². The molecule has 0 N–H and O–H groups in total. The molecular weight excluding hydrogens is 188 g/mol. The van der Waals surface area contributed by atoms with E-state index in [0.717, 1.165) is 10.2 Å². The number of hydrogen-bond acceptors (Lipinski definition) is 4. The zero-order valence-corrected chi connectivity index (χ0v) is 7.69. The summed E-state index contributed by atoms with van der Waals surface area (Å²) in [7, 11) is 0. The second-order valence-electron chi connectivity index (χ2n) is 2.26. The Kier molecular flexibility index (Phi) is 1.75. The maximum atomic E-state index is 8.73. The van der Waals surface area contributed by atoms with E-state index >= 15 is 0 Å². The van der Waals surface area contributed by atoms with Crippen molar-refractivity contribution in [3.8, 4) is 6.07 Å². The summed E-state index contributed by atoms with van der Waals surface area (Å²) in [4.78, 5) is 4.14. The SMILES string of the molecule is N#Cc1cccc2sc(S)nc12. The summed E-state index contributed by atoms with van der Waals surface area (Å²) in [5.74, 6) is 0. The molecule has 0 atom stereocenters. The molecule has 1 heterocycles. The van der Waals surface area contributed by atoms with Crippen molar-refractivity contribution in [3.05, 3.63) is 23.8 Å². The Morgan fingerprint density at radius 2 is 2.33 bits per heavy atom. The molecule has 0 radical (unpaired) electrons. The highest BCUT2D eigenvalue weighted by molar-refractivity contribution is 7.82. The molecule has 0 aliphatic carbocycles. The van der Waals surface area contributed by atoms with Crippen molar-refractivity contribution < 1.29 is 0 Å². The number of rotatable bonds is 0. The largest absolute Gasteiger partial charge is 0.229 e. The molecule has 0 amide bonds. The first-order valence-electron chi connectivity index (χ1n) is 3.30. The molecule has 0 unspecified atom stereocenters. The van der Waals surface area contributed by atoms with Gasteiger partial charge < -0.3 is 0 Å². The van der Waals surface area contributed by atoms with Crippen molar-refractivity contribution in [1.82, 2.24) is 4.98 Å². The Bertz CT molecular complexity index is 467. The van der Waals surface area contributed by atoms with Gasteiger partial charge in [0.15, 0.2) is 0 Å². The highest BCUT2D eigenvalue weighted by atomic mass is 32.2. The van der Waals surface area contributed by atoms with Crippen molar-refractivity contribution in [2.75, 3.05) is 0 Å². The lowest BCUT2D eigenvalue weighted by molar-refractivity contribution is 1.31. The monoisotopic (exact) mass is 192 g/mol. The fourth-order valence-electron chi connectivity index (χ4n) is 1.03. The molecule has 2 rings (SSSR count). The van der Waals surface area contributed by atoms with Gasteiger partial charge >= 0.3 is 0 Å². The van der Waals surface area contributed by atoms with Gasteiger partial charge in [0.25, 0.3) is 0 Å². The first-order chi connectivity index (χ1) is 5.81. The minimum absolute atomic E-state index is 0.615. The molecule has 2 aromatic rings. The topological polar surface area (TPSA) is 36.7 Å². The van der Waals surface area contributed by atoms with Crippen LogP contribution < -0.4 is 0 Å².